The van der Waals surface area contributed by atoms with Crippen LogP contribution in [0.25, 0.3) is 0 Å². The maximum atomic E-state index is 10.1. The molecule has 0 bridgehead atoms. The molecule has 0 rings (SSSR count). The normalized spacial score (nSPS) is 12.7. The lowest BCUT2D eigenvalue weighted by Crippen LogP contribution is -2.09. The summed E-state index contributed by atoms with van der Waals surface area (Å²) in [6.07, 6.45) is 1.31. The fourth-order valence-corrected chi connectivity index (χ4v) is 0.348. The van der Waals surface area contributed by atoms with E-state index in [1.807, 2.05) is 0 Å². The average Bonchev–Trinajstić information content (AvgIpc) is 1.68. The van der Waals surface area contributed by atoms with E-state index < -0.39 is 11.3 Å². The third kappa shape index (κ3) is 3.48. The zero-order valence-electron chi connectivity index (χ0n) is 4.01. The smallest absolute Gasteiger partial charge is 0.261 e. The van der Waals surface area contributed by atoms with Gasteiger partial charge >= 0.3 is 0 Å². The molecule has 0 amide bonds. The van der Waals surface area contributed by atoms with Crippen LogP contribution in [0.1, 0.15) is 0 Å². The Kier molecular flexibility index (Phi) is 3.64. The van der Waals surface area contributed by atoms with Gasteiger partial charge in [0.25, 0.3) is 11.3 Å². The lowest BCUT2D eigenvalue weighted by molar-refractivity contribution is 0.441. The Morgan fingerprint density at radius 3 is 2.71 bits per heavy atom. The first kappa shape index (κ1) is 6.65. The molecule has 0 spiro atoms. The van der Waals surface area contributed by atoms with Crippen LogP contribution in [0.5, 0.6) is 0 Å². The van der Waals surface area contributed by atoms with E-state index in [9.17, 15) is 4.21 Å². The van der Waals surface area contributed by atoms with Crippen LogP contribution >= 0.6 is 0 Å². The summed E-state index contributed by atoms with van der Waals surface area (Å²) in [5.74, 6) is 0. The fourth-order valence-electron chi connectivity index (χ4n) is 0.116. The van der Waals surface area contributed by atoms with Crippen LogP contribution in [0.3, 0.4) is 0 Å². The van der Waals surface area contributed by atoms with Gasteiger partial charge in [-0.25, -0.2) is 4.21 Å². The van der Waals surface area contributed by atoms with Crippen LogP contribution in [0.15, 0.2) is 12.8 Å². The molecule has 0 heterocycles. The number of rotatable bonds is 3. The van der Waals surface area contributed by atoms with Gasteiger partial charge in [-0.15, -0.1) is 0 Å². The first-order chi connectivity index (χ1) is 3.31. The summed E-state index contributed by atoms with van der Waals surface area (Å²) < 4.78 is 16.7. The summed E-state index contributed by atoms with van der Waals surface area (Å²) in [4.78, 5) is 0. The summed E-state index contributed by atoms with van der Waals surface area (Å²) in [5.41, 5.74) is 0. The average molecular weight is 121 g/mol. The van der Waals surface area contributed by atoms with Crippen molar-refractivity contribution in [1.29, 1.82) is 0 Å². The topological polar surface area (TPSA) is 38.3 Å². The second-order valence-electron chi connectivity index (χ2n) is 0.723. The molecule has 0 aromatic heterocycles. The highest BCUT2D eigenvalue weighted by atomic mass is 32.2. The summed E-state index contributed by atoms with van der Waals surface area (Å²) in [5, 5.41) is 0. The molecular formula is C3H7NO2S. The van der Waals surface area contributed by atoms with E-state index in [4.69, 9.17) is 0 Å². The Labute approximate surface area is 45.2 Å². The minimum absolute atomic E-state index is 1.31. The highest BCUT2D eigenvalue weighted by molar-refractivity contribution is 7.78. The molecule has 3 nitrogen and oxygen atoms in total. The molecule has 42 valence electrons. The van der Waals surface area contributed by atoms with Crippen molar-refractivity contribution < 1.29 is 8.39 Å². The number of nitrogens with one attached hydrogen (secondary N) is 1. The van der Waals surface area contributed by atoms with E-state index in [1.165, 1.54) is 13.3 Å². The highest BCUT2D eigenvalue weighted by Gasteiger charge is 1.83. The molecule has 0 saturated heterocycles. The van der Waals surface area contributed by atoms with Gasteiger partial charge in [-0.05, 0) is 0 Å². The number of hydrogen-bond acceptors (Lipinski definition) is 2. The lowest BCUT2D eigenvalue weighted by atomic mass is 11.1. The van der Waals surface area contributed by atoms with Crippen molar-refractivity contribution in [2.75, 3.05) is 7.11 Å². The zero-order chi connectivity index (χ0) is 5.70. The van der Waals surface area contributed by atoms with Crippen LogP contribution in [-0.4, -0.2) is 11.3 Å². The van der Waals surface area contributed by atoms with E-state index >= 15 is 0 Å². The van der Waals surface area contributed by atoms with E-state index in [-0.39, 0.29) is 0 Å². The van der Waals surface area contributed by atoms with E-state index in [0.29, 0.717) is 0 Å². The molecule has 0 radical (unpaired) electrons. The number of hydrogen-bond donors (Lipinski definition) is 1. The Bertz CT molecular complexity index is 83.0. The fraction of sp³-hybridized carbons (Fsp3) is 0.333. The van der Waals surface area contributed by atoms with Gasteiger partial charge in [-0.1, -0.05) is 6.58 Å². The summed E-state index contributed by atoms with van der Waals surface area (Å²) in [6.45, 7) is 3.26. The molecule has 4 heteroatoms. The second kappa shape index (κ2) is 3.83. The standard InChI is InChI=1S/C3H7NO2S/c1-3-4-7(5)6-2/h3-4H,1H2,2H3. The predicted molar refractivity (Wildman–Crippen MR) is 28.5 cm³/mol. The van der Waals surface area contributed by atoms with Gasteiger partial charge in [0.1, 0.15) is 0 Å². The Balaban J connectivity index is 3.17. The Morgan fingerprint density at radius 2 is 2.57 bits per heavy atom. The molecule has 0 aromatic rings. The van der Waals surface area contributed by atoms with Gasteiger partial charge in [0, 0.05) is 6.20 Å². The maximum Gasteiger partial charge on any atom is 0.261 e. The van der Waals surface area contributed by atoms with Crippen molar-refractivity contribution in [2.24, 2.45) is 0 Å². The monoisotopic (exact) mass is 121 g/mol. The first-order valence-corrected chi connectivity index (χ1v) is 2.72. The van der Waals surface area contributed by atoms with Crippen molar-refractivity contribution in [1.82, 2.24) is 4.72 Å². The molecule has 0 aliphatic rings. The molecule has 0 fully saturated rings. The lowest BCUT2D eigenvalue weighted by Gasteiger charge is -1.91. The molecule has 0 aromatic carbocycles. The summed E-state index contributed by atoms with van der Waals surface area (Å²) in [6, 6.07) is 0. The minimum atomic E-state index is -1.40. The van der Waals surface area contributed by atoms with Crippen LogP contribution < -0.4 is 4.72 Å². The van der Waals surface area contributed by atoms with Crippen molar-refractivity contribution in [3.8, 4) is 0 Å². The molecule has 0 aliphatic heterocycles. The minimum Gasteiger partial charge on any atom is -0.290 e. The molecule has 1 N–H and O–H groups in total. The molecule has 7 heavy (non-hydrogen) atoms. The van der Waals surface area contributed by atoms with Gasteiger partial charge in [-0.3, -0.25) is 8.91 Å². The van der Waals surface area contributed by atoms with Crippen molar-refractivity contribution in [3.63, 3.8) is 0 Å². The van der Waals surface area contributed by atoms with Gasteiger partial charge in [0.05, 0.1) is 7.11 Å². The Hall–Kier alpha value is -0.350. The van der Waals surface area contributed by atoms with Gasteiger partial charge in [0.2, 0.25) is 0 Å². The zero-order valence-corrected chi connectivity index (χ0v) is 4.83. The first-order valence-electron chi connectivity index (χ1n) is 1.64. The van der Waals surface area contributed by atoms with Gasteiger partial charge in [0.15, 0.2) is 0 Å². The third-order valence-corrected chi connectivity index (χ3v) is 0.993. The van der Waals surface area contributed by atoms with Crippen LogP contribution in [-0.2, 0) is 15.4 Å². The van der Waals surface area contributed by atoms with E-state index in [1.54, 1.807) is 0 Å². The quantitative estimate of drug-likeness (QED) is 0.568. The second-order valence-corrected chi connectivity index (χ2v) is 1.76. The maximum absolute atomic E-state index is 10.1. The van der Waals surface area contributed by atoms with Crippen molar-refractivity contribution in [2.45, 2.75) is 0 Å². The van der Waals surface area contributed by atoms with Crippen LogP contribution in [0.2, 0.25) is 0 Å². The SMILES string of the molecule is C=CNS(=O)OC. The predicted octanol–water partition coefficient (Wildman–Crippen LogP) is -0.0554. The van der Waals surface area contributed by atoms with Crippen LogP contribution in [0, 0.1) is 0 Å². The largest absolute Gasteiger partial charge is 0.290 e. The Morgan fingerprint density at radius 1 is 2.00 bits per heavy atom. The highest BCUT2D eigenvalue weighted by Crippen LogP contribution is 1.69. The molecule has 0 aliphatic carbocycles. The molecular weight excluding hydrogens is 114 g/mol. The van der Waals surface area contributed by atoms with Crippen molar-refractivity contribution >= 4 is 11.3 Å². The van der Waals surface area contributed by atoms with Crippen LogP contribution in [0.4, 0.5) is 0 Å². The molecule has 1 unspecified atom stereocenters. The van der Waals surface area contributed by atoms with Gasteiger partial charge < -0.3 is 0 Å². The molecule has 0 saturated carbocycles. The summed E-state index contributed by atoms with van der Waals surface area (Å²) in [7, 11) is 1.34. The van der Waals surface area contributed by atoms with E-state index in [2.05, 4.69) is 15.5 Å². The third-order valence-electron chi connectivity index (χ3n) is 0.331. The van der Waals surface area contributed by atoms with E-state index in [0.717, 1.165) is 0 Å². The summed E-state index contributed by atoms with van der Waals surface area (Å²) >= 11 is -1.40. The van der Waals surface area contributed by atoms with Crippen molar-refractivity contribution in [3.05, 3.63) is 12.8 Å². The molecule has 1 atom stereocenters. The van der Waals surface area contributed by atoms with Gasteiger partial charge in [-0.2, -0.15) is 0 Å².